The van der Waals surface area contributed by atoms with Crippen molar-refractivity contribution in [2.75, 3.05) is 31.7 Å². The van der Waals surface area contributed by atoms with Gasteiger partial charge in [-0.3, -0.25) is 9.59 Å². The molecule has 1 amide bonds. The third-order valence-electron chi connectivity index (χ3n) is 4.38. The average molecular weight is 492 g/mol. The van der Waals surface area contributed by atoms with Crippen molar-refractivity contribution in [3.05, 3.63) is 35.4 Å². The first-order valence-electron chi connectivity index (χ1n) is 11.1. The molecule has 0 bridgehead atoms. The number of azo groups is 1. The number of benzene rings is 2. The molecule has 0 saturated carbocycles. The van der Waals surface area contributed by atoms with Gasteiger partial charge < -0.3 is 24.3 Å². The molecule has 0 radical (unpaired) electrons. The van der Waals surface area contributed by atoms with Crippen LogP contribution < -0.4 is 24.3 Å². The number of nitrogens with zero attached hydrogens (tertiary/aromatic N) is 2. The minimum absolute atomic E-state index is 0.217. The molecule has 2 aromatic rings. The molecule has 1 N–H and O–H groups in total. The minimum Gasteiger partial charge on any atom is -0.492 e. The van der Waals surface area contributed by atoms with Gasteiger partial charge in [-0.2, -0.15) is 5.11 Å². The van der Waals surface area contributed by atoms with Gasteiger partial charge in [0.25, 0.3) is 5.91 Å². The van der Waals surface area contributed by atoms with Gasteiger partial charge >= 0.3 is 0 Å². The molecule has 0 saturated heterocycles. The zero-order valence-electron chi connectivity index (χ0n) is 20.0. The smallest absolute Gasteiger partial charge is 0.258 e. The van der Waals surface area contributed by atoms with E-state index in [1.807, 2.05) is 20.8 Å². The highest BCUT2D eigenvalue weighted by molar-refractivity contribution is 6.34. The lowest BCUT2D eigenvalue weighted by Crippen LogP contribution is -2.32. The molecule has 2 aromatic carbocycles. The Morgan fingerprint density at radius 2 is 1.44 bits per heavy atom. The largest absolute Gasteiger partial charge is 0.492 e. The maximum absolute atomic E-state index is 13.0. The number of Topliss-reactive ketones (excluding diaryl/α,β-unsaturated/α-hetero) is 1. The van der Waals surface area contributed by atoms with Gasteiger partial charge in [-0.25, -0.2) is 0 Å². The van der Waals surface area contributed by atoms with Gasteiger partial charge in [-0.1, -0.05) is 17.7 Å². The quantitative estimate of drug-likeness (QED) is 0.288. The van der Waals surface area contributed by atoms with Crippen LogP contribution in [-0.2, 0) is 9.59 Å². The van der Waals surface area contributed by atoms with Gasteiger partial charge in [-0.05, 0) is 58.9 Å². The van der Waals surface area contributed by atoms with E-state index in [4.69, 9.17) is 30.5 Å². The molecule has 0 aliphatic rings. The molecule has 0 aliphatic carbocycles. The molecule has 10 heteroatoms. The molecule has 0 fully saturated rings. The lowest BCUT2D eigenvalue weighted by Gasteiger charge is -2.17. The molecule has 2 rings (SSSR count). The summed E-state index contributed by atoms with van der Waals surface area (Å²) in [4.78, 5) is 25.3. The van der Waals surface area contributed by atoms with Crippen molar-refractivity contribution in [1.29, 1.82) is 0 Å². The molecule has 0 heterocycles. The van der Waals surface area contributed by atoms with Crippen molar-refractivity contribution < 1.29 is 28.5 Å². The molecule has 34 heavy (non-hydrogen) atoms. The highest BCUT2D eigenvalue weighted by Crippen LogP contribution is 2.41. The number of hydrogen-bond donors (Lipinski definition) is 1. The number of amides is 1. The fraction of sp³-hybridized carbons (Fsp3) is 0.417. The molecular formula is C24H30ClN3O6. The fourth-order valence-corrected chi connectivity index (χ4v) is 3.24. The number of hydrogen-bond acceptors (Lipinski definition) is 8. The maximum Gasteiger partial charge on any atom is 0.258 e. The lowest BCUT2D eigenvalue weighted by molar-refractivity contribution is -0.126. The summed E-state index contributed by atoms with van der Waals surface area (Å²) < 4.78 is 22.3. The summed E-state index contributed by atoms with van der Waals surface area (Å²) in [7, 11) is 0. The van der Waals surface area contributed by atoms with Gasteiger partial charge in [0, 0.05) is 0 Å². The van der Waals surface area contributed by atoms with E-state index in [0.717, 1.165) is 0 Å². The summed E-state index contributed by atoms with van der Waals surface area (Å²) >= 11 is 6.39. The van der Waals surface area contributed by atoms with Crippen LogP contribution in [0, 0.1) is 0 Å². The second-order valence-corrected chi connectivity index (χ2v) is 7.19. The molecule has 1 atom stereocenters. The highest BCUT2D eigenvalue weighted by Gasteiger charge is 2.26. The van der Waals surface area contributed by atoms with E-state index in [2.05, 4.69) is 15.5 Å². The number of carbonyl (C=O) groups is 2. The van der Waals surface area contributed by atoms with Crippen LogP contribution in [0.15, 0.2) is 40.6 Å². The predicted molar refractivity (Wildman–Crippen MR) is 130 cm³/mol. The zero-order valence-corrected chi connectivity index (χ0v) is 20.8. The lowest BCUT2D eigenvalue weighted by atomic mass is 10.2. The van der Waals surface area contributed by atoms with Gasteiger partial charge in [0.2, 0.25) is 6.04 Å². The Hall–Kier alpha value is -3.33. The van der Waals surface area contributed by atoms with Crippen molar-refractivity contribution >= 4 is 34.7 Å². The Kier molecular flexibility index (Phi) is 10.6. The Morgan fingerprint density at radius 1 is 0.882 bits per heavy atom. The number of ether oxygens (including phenoxy) is 4. The molecular weight excluding hydrogens is 462 g/mol. The molecule has 184 valence electrons. The summed E-state index contributed by atoms with van der Waals surface area (Å²) in [5.41, 5.74) is 0.579. The third kappa shape index (κ3) is 6.84. The summed E-state index contributed by atoms with van der Waals surface area (Å²) in [5, 5.41) is 11.1. The van der Waals surface area contributed by atoms with Crippen LogP contribution in [0.2, 0.25) is 5.02 Å². The predicted octanol–water partition coefficient (Wildman–Crippen LogP) is 5.61. The van der Waals surface area contributed by atoms with Crippen LogP contribution in [-0.4, -0.2) is 44.2 Å². The number of nitrogens with one attached hydrogen (secondary N) is 1. The first-order chi connectivity index (χ1) is 16.4. The normalized spacial score (nSPS) is 11.7. The van der Waals surface area contributed by atoms with E-state index >= 15 is 0 Å². The summed E-state index contributed by atoms with van der Waals surface area (Å²) in [5.74, 6) is 0.327. The number of carbonyl (C=O) groups excluding carboxylic acids is 2. The first kappa shape index (κ1) is 26.9. The fourth-order valence-electron chi connectivity index (χ4n) is 2.97. The number of halogens is 1. The second-order valence-electron chi connectivity index (χ2n) is 6.81. The number of anilines is 1. The molecule has 9 nitrogen and oxygen atoms in total. The minimum atomic E-state index is -1.41. The summed E-state index contributed by atoms with van der Waals surface area (Å²) in [6, 6.07) is 6.96. The van der Waals surface area contributed by atoms with Crippen LogP contribution in [0.5, 0.6) is 23.0 Å². The van der Waals surface area contributed by atoms with Crippen molar-refractivity contribution in [2.45, 2.75) is 40.7 Å². The van der Waals surface area contributed by atoms with Gasteiger partial charge in [-0.15, -0.1) is 5.11 Å². The Morgan fingerprint density at radius 3 is 1.97 bits per heavy atom. The number of rotatable bonds is 13. The van der Waals surface area contributed by atoms with E-state index in [1.165, 1.54) is 6.92 Å². The van der Waals surface area contributed by atoms with Gasteiger partial charge in [0.15, 0.2) is 28.7 Å². The van der Waals surface area contributed by atoms with Crippen molar-refractivity contribution in [1.82, 2.24) is 0 Å². The van der Waals surface area contributed by atoms with Crippen LogP contribution >= 0.6 is 11.6 Å². The zero-order chi connectivity index (χ0) is 25.1. The number of ketones is 1. The molecule has 1 unspecified atom stereocenters. The van der Waals surface area contributed by atoms with Gasteiger partial charge in [0.1, 0.15) is 10.8 Å². The van der Waals surface area contributed by atoms with E-state index in [1.54, 1.807) is 37.3 Å². The Balaban J connectivity index is 2.37. The van der Waals surface area contributed by atoms with E-state index in [-0.39, 0.29) is 16.5 Å². The van der Waals surface area contributed by atoms with Crippen LogP contribution in [0.1, 0.15) is 34.6 Å². The van der Waals surface area contributed by atoms with E-state index < -0.39 is 17.7 Å². The van der Waals surface area contributed by atoms with Crippen molar-refractivity contribution in [3.8, 4) is 23.0 Å². The topological polar surface area (TPSA) is 108 Å². The summed E-state index contributed by atoms with van der Waals surface area (Å²) in [6.07, 6.45) is 0. The first-order valence-corrected chi connectivity index (χ1v) is 11.4. The molecule has 0 aliphatic heterocycles. The molecule has 0 aromatic heterocycles. The Labute approximate surface area is 204 Å². The highest BCUT2D eigenvalue weighted by atomic mass is 35.5. The molecule has 0 spiro atoms. The second kappa shape index (κ2) is 13.4. The van der Waals surface area contributed by atoms with Crippen LogP contribution in [0.3, 0.4) is 0 Å². The average Bonchev–Trinajstić information content (AvgIpc) is 2.80. The standard InChI is InChI=1S/C24H30ClN3O6/c1-6-31-17-14-13-16(23(20(17)25)34-9-4)26-24(30)21(15(5)29)27-28-22-18(32-7-2)11-10-12-19(22)33-8-3/h10-14,21H,6-9H2,1-5H3,(H,26,30). The van der Waals surface area contributed by atoms with Crippen LogP contribution in [0.25, 0.3) is 0 Å². The van der Waals surface area contributed by atoms with Crippen molar-refractivity contribution in [2.24, 2.45) is 10.2 Å². The van der Waals surface area contributed by atoms with Crippen molar-refractivity contribution in [3.63, 3.8) is 0 Å². The SMILES string of the molecule is CCOc1ccc(NC(=O)C(N=Nc2c(OCC)cccc2OCC)C(C)=O)c(OCC)c1Cl. The van der Waals surface area contributed by atoms with E-state index in [9.17, 15) is 9.59 Å². The Bertz CT molecular complexity index is 1000. The monoisotopic (exact) mass is 491 g/mol. The maximum atomic E-state index is 13.0. The summed E-state index contributed by atoms with van der Waals surface area (Å²) in [6.45, 7) is 10.1. The van der Waals surface area contributed by atoms with Gasteiger partial charge in [0.05, 0.1) is 32.1 Å². The van der Waals surface area contributed by atoms with E-state index in [0.29, 0.717) is 49.4 Å². The van der Waals surface area contributed by atoms with Crippen LogP contribution in [0.4, 0.5) is 11.4 Å². The third-order valence-corrected chi connectivity index (χ3v) is 4.73.